The molecular weight excluding hydrogens is 605 g/mol. The zero-order valence-electron chi connectivity index (χ0n) is 28.8. The van der Waals surface area contributed by atoms with E-state index in [4.69, 9.17) is 33.2 Å². The van der Waals surface area contributed by atoms with Crippen molar-refractivity contribution < 1.29 is 33.2 Å². The number of ether oxygens (including phenoxy) is 7. The standard InChI is InChI=1S/C34H56O7Si3/c1-27-30-13-11-28(39-24-35-15-18-42(2,3)4)21-33(30)38-23-32(27)31-14-12-29(40-25-36-16-19-43(5,6)7)22-34(31)41-26-37-17-20-44(8,9)10/h11-14,21-23,27H,15-20,24-26H2,1-10H3. The van der Waals surface area contributed by atoms with Crippen molar-refractivity contribution in [1.29, 1.82) is 0 Å². The molecule has 1 aliphatic rings. The quantitative estimate of drug-likeness (QED) is 0.0845. The Morgan fingerprint density at radius 2 is 1.09 bits per heavy atom. The number of hydrogen-bond donors (Lipinski definition) is 0. The zero-order valence-corrected chi connectivity index (χ0v) is 31.8. The van der Waals surface area contributed by atoms with Crippen LogP contribution in [0.2, 0.25) is 77.1 Å². The van der Waals surface area contributed by atoms with Crippen LogP contribution in [0.25, 0.3) is 5.57 Å². The molecule has 3 rings (SSSR count). The van der Waals surface area contributed by atoms with Crippen LogP contribution in [0.5, 0.6) is 23.0 Å². The molecular formula is C34H56O7Si3. The Morgan fingerprint density at radius 1 is 0.614 bits per heavy atom. The Labute approximate surface area is 269 Å². The van der Waals surface area contributed by atoms with Crippen LogP contribution >= 0.6 is 0 Å². The lowest BCUT2D eigenvalue weighted by atomic mass is 9.86. The van der Waals surface area contributed by atoms with E-state index in [1.54, 1.807) is 0 Å². The Balaban J connectivity index is 1.68. The smallest absolute Gasteiger partial charge is 0.189 e. The summed E-state index contributed by atoms with van der Waals surface area (Å²) in [5.74, 6) is 2.98. The summed E-state index contributed by atoms with van der Waals surface area (Å²) in [6.45, 7) is 26.0. The normalized spacial score (nSPS) is 15.3. The molecule has 0 amide bonds. The molecule has 0 radical (unpaired) electrons. The average molecular weight is 661 g/mol. The topological polar surface area (TPSA) is 64.6 Å². The third-order valence-corrected chi connectivity index (χ3v) is 12.5. The van der Waals surface area contributed by atoms with Crippen LogP contribution in [0.4, 0.5) is 0 Å². The number of hydrogen-bond acceptors (Lipinski definition) is 7. The van der Waals surface area contributed by atoms with E-state index in [1.165, 1.54) is 0 Å². The summed E-state index contributed by atoms with van der Waals surface area (Å²) in [6, 6.07) is 15.2. The monoisotopic (exact) mass is 660 g/mol. The molecule has 1 atom stereocenters. The summed E-state index contributed by atoms with van der Waals surface area (Å²) in [5.41, 5.74) is 3.05. The molecule has 7 nitrogen and oxygen atoms in total. The van der Waals surface area contributed by atoms with Gasteiger partial charge in [-0.2, -0.15) is 0 Å². The zero-order chi connectivity index (χ0) is 32.4. The second kappa shape index (κ2) is 16.5. The lowest BCUT2D eigenvalue weighted by Gasteiger charge is -2.26. The lowest BCUT2D eigenvalue weighted by Crippen LogP contribution is -2.22. The Morgan fingerprint density at radius 3 is 1.61 bits per heavy atom. The number of allylic oxidation sites excluding steroid dienone is 1. The molecule has 44 heavy (non-hydrogen) atoms. The molecule has 0 aromatic heterocycles. The first kappa shape index (κ1) is 36.4. The summed E-state index contributed by atoms with van der Waals surface area (Å²) in [7, 11) is -3.45. The molecule has 0 bridgehead atoms. The maximum absolute atomic E-state index is 6.21. The molecule has 0 N–H and O–H groups in total. The van der Waals surface area contributed by atoms with Gasteiger partial charge in [0.25, 0.3) is 0 Å². The van der Waals surface area contributed by atoms with Crippen molar-refractivity contribution in [3.05, 3.63) is 53.8 Å². The molecule has 1 aliphatic heterocycles. The first-order valence-corrected chi connectivity index (χ1v) is 27.0. The molecule has 1 heterocycles. The molecule has 0 aliphatic carbocycles. The van der Waals surface area contributed by atoms with Gasteiger partial charge in [-0.25, -0.2) is 0 Å². The summed E-state index contributed by atoms with van der Waals surface area (Å²) in [6.07, 6.45) is 1.82. The first-order chi connectivity index (χ1) is 20.6. The van der Waals surface area contributed by atoms with Crippen LogP contribution in [-0.4, -0.2) is 64.4 Å². The fraction of sp³-hybridized carbons (Fsp3) is 0.588. The fourth-order valence-corrected chi connectivity index (χ4v) is 6.61. The van der Waals surface area contributed by atoms with Crippen LogP contribution in [0.15, 0.2) is 42.7 Å². The third kappa shape index (κ3) is 13.1. The van der Waals surface area contributed by atoms with Crippen LogP contribution in [0.1, 0.15) is 24.0 Å². The van der Waals surface area contributed by atoms with E-state index in [2.05, 4.69) is 71.9 Å². The van der Waals surface area contributed by atoms with Gasteiger partial charge in [0.2, 0.25) is 0 Å². The number of rotatable bonds is 19. The predicted molar refractivity (Wildman–Crippen MR) is 189 cm³/mol. The van der Waals surface area contributed by atoms with Crippen LogP contribution in [-0.2, 0) is 14.2 Å². The molecule has 2 aromatic rings. The lowest BCUT2D eigenvalue weighted by molar-refractivity contribution is 0.0177. The van der Waals surface area contributed by atoms with Crippen LogP contribution < -0.4 is 18.9 Å². The van der Waals surface area contributed by atoms with Crippen molar-refractivity contribution in [2.45, 2.75) is 89.9 Å². The van der Waals surface area contributed by atoms with Gasteiger partial charge in [-0.15, -0.1) is 0 Å². The highest BCUT2D eigenvalue weighted by Crippen LogP contribution is 2.45. The van der Waals surface area contributed by atoms with E-state index in [-0.39, 0.29) is 26.3 Å². The fourth-order valence-electron chi connectivity index (χ4n) is 4.34. The van der Waals surface area contributed by atoms with Crippen molar-refractivity contribution in [2.75, 3.05) is 40.2 Å². The summed E-state index contributed by atoms with van der Waals surface area (Å²) < 4.78 is 41.5. The molecule has 2 aromatic carbocycles. The van der Waals surface area contributed by atoms with Crippen LogP contribution in [0, 0.1) is 0 Å². The largest absolute Gasteiger partial charge is 0.467 e. The molecule has 0 saturated heterocycles. The number of benzene rings is 2. The van der Waals surface area contributed by atoms with Gasteiger partial charge in [-0.1, -0.05) is 71.9 Å². The van der Waals surface area contributed by atoms with E-state index >= 15 is 0 Å². The molecule has 246 valence electrons. The predicted octanol–water partition coefficient (Wildman–Crippen LogP) is 9.30. The molecule has 0 saturated carbocycles. The summed E-state index contributed by atoms with van der Waals surface area (Å²) in [5, 5.41) is 0. The van der Waals surface area contributed by atoms with E-state index in [0.717, 1.165) is 52.9 Å². The molecule has 1 unspecified atom stereocenters. The van der Waals surface area contributed by atoms with Gasteiger partial charge in [0.05, 0.1) is 6.26 Å². The van der Waals surface area contributed by atoms with Gasteiger partial charge < -0.3 is 33.2 Å². The highest BCUT2D eigenvalue weighted by molar-refractivity contribution is 6.76. The van der Waals surface area contributed by atoms with E-state index < -0.39 is 24.2 Å². The maximum atomic E-state index is 6.21. The third-order valence-electron chi connectivity index (χ3n) is 7.40. The Bertz CT molecular complexity index is 1210. The summed E-state index contributed by atoms with van der Waals surface area (Å²) >= 11 is 0. The SMILES string of the molecule is CC1C(c2ccc(OCOCC[Si](C)(C)C)cc2OCOCC[Si](C)(C)C)=COc2cc(OCOCC[Si](C)(C)C)ccc21. The van der Waals surface area contributed by atoms with Crippen LogP contribution in [0.3, 0.4) is 0 Å². The minimum atomic E-state index is -1.18. The number of fused-ring (bicyclic) bond motifs is 1. The maximum Gasteiger partial charge on any atom is 0.189 e. The van der Waals surface area contributed by atoms with Crippen molar-refractivity contribution in [2.24, 2.45) is 0 Å². The van der Waals surface area contributed by atoms with Crippen molar-refractivity contribution >= 4 is 29.8 Å². The Kier molecular flexibility index (Phi) is 13.6. The summed E-state index contributed by atoms with van der Waals surface area (Å²) in [4.78, 5) is 0. The van der Waals surface area contributed by atoms with Crippen molar-refractivity contribution in [3.63, 3.8) is 0 Å². The highest BCUT2D eigenvalue weighted by atomic mass is 28.3. The highest BCUT2D eigenvalue weighted by Gasteiger charge is 2.26. The van der Waals surface area contributed by atoms with Crippen molar-refractivity contribution in [3.8, 4) is 23.0 Å². The minimum Gasteiger partial charge on any atom is -0.467 e. The minimum absolute atomic E-state index is 0.0765. The van der Waals surface area contributed by atoms with E-state index in [9.17, 15) is 0 Å². The van der Waals surface area contributed by atoms with E-state index in [1.807, 2.05) is 36.6 Å². The Hall–Kier alpha value is -2.09. The van der Waals surface area contributed by atoms with Crippen molar-refractivity contribution in [1.82, 2.24) is 0 Å². The second-order valence-corrected chi connectivity index (χ2v) is 32.1. The van der Waals surface area contributed by atoms with Gasteiger partial charge in [0.15, 0.2) is 20.4 Å². The molecule has 10 heteroatoms. The average Bonchev–Trinajstić information content (AvgIpc) is 2.91. The van der Waals surface area contributed by atoms with Gasteiger partial charge in [-0.3, -0.25) is 0 Å². The van der Waals surface area contributed by atoms with Gasteiger partial charge in [-0.05, 0) is 36.3 Å². The molecule has 0 fully saturated rings. The second-order valence-electron chi connectivity index (χ2n) is 15.2. The van der Waals surface area contributed by atoms with E-state index in [0.29, 0.717) is 24.7 Å². The van der Waals surface area contributed by atoms with Gasteiger partial charge in [0, 0.05) is 78.8 Å². The van der Waals surface area contributed by atoms with Gasteiger partial charge in [0.1, 0.15) is 23.0 Å². The molecule has 0 spiro atoms. The van der Waals surface area contributed by atoms with Gasteiger partial charge >= 0.3 is 0 Å². The first-order valence-electron chi connectivity index (χ1n) is 15.9.